The molecule has 0 aliphatic carbocycles. The van der Waals surface area contributed by atoms with Gasteiger partial charge in [-0.15, -0.1) is 0 Å². The minimum Gasteiger partial charge on any atom is -0.378 e. The summed E-state index contributed by atoms with van der Waals surface area (Å²) in [6, 6.07) is 22.0. The van der Waals surface area contributed by atoms with Crippen molar-refractivity contribution in [3.05, 3.63) is 71.8 Å². The van der Waals surface area contributed by atoms with Gasteiger partial charge in [0.1, 0.15) is 17.3 Å². The minimum atomic E-state index is 0.535. The molecule has 1 saturated heterocycles. The molecule has 0 radical (unpaired) electrons. The van der Waals surface area contributed by atoms with Crippen LogP contribution in [0.2, 0.25) is 0 Å². The maximum Gasteiger partial charge on any atom is 0.112 e. The first-order valence-electron chi connectivity index (χ1n) is 11.2. The Hall–Kier alpha value is -1.25. The Morgan fingerprint density at radius 2 is 1.36 bits per heavy atom. The third-order valence-electron chi connectivity index (χ3n) is 5.78. The van der Waals surface area contributed by atoms with Crippen LogP contribution >= 0.6 is 0 Å². The van der Waals surface area contributed by atoms with Crippen molar-refractivity contribution in [3.63, 3.8) is 0 Å². The standard InChI is InChI=1S/C26H37OS/c1-4-12-24(13-5-1)18-22-28(23-19-25-14-6-2-7-15-25)21-11-3-8-16-26-17-9-10-20-27-26/h1-2,4-7,12-15,26H,3,8-11,16-23H2/q+1. The molecular weight excluding hydrogens is 360 g/mol. The predicted molar refractivity (Wildman–Crippen MR) is 124 cm³/mol. The lowest BCUT2D eigenvalue weighted by Crippen LogP contribution is -2.20. The highest BCUT2D eigenvalue weighted by atomic mass is 32.2. The Bertz CT molecular complexity index is 578. The lowest BCUT2D eigenvalue weighted by molar-refractivity contribution is 0.00985. The highest BCUT2D eigenvalue weighted by molar-refractivity contribution is 7.96. The number of ether oxygens (including phenoxy) is 1. The van der Waals surface area contributed by atoms with Crippen LogP contribution in [-0.4, -0.2) is 30.0 Å². The Morgan fingerprint density at radius 3 is 1.93 bits per heavy atom. The van der Waals surface area contributed by atoms with Crippen LogP contribution < -0.4 is 0 Å². The molecule has 1 fully saturated rings. The molecule has 1 atom stereocenters. The van der Waals surface area contributed by atoms with E-state index in [1.54, 1.807) is 0 Å². The van der Waals surface area contributed by atoms with E-state index in [1.165, 1.54) is 86.2 Å². The van der Waals surface area contributed by atoms with Gasteiger partial charge in [-0.3, -0.25) is 0 Å². The molecule has 3 rings (SSSR count). The fourth-order valence-corrected chi connectivity index (χ4v) is 6.28. The average molecular weight is 398 g/mol. The van der Waals surface area contributed by atoms with Gasteiger partial charge in [0.2, 0.25) is 0 Å². The third-order valence-corrected chi connectivity index (χ3v) is 8.21. The van der Waals surface area contributed by atoms with Gasteiger partial charge in [0.25, 0.3) is 0 Å². The summed E-state index contributed by atoms with van der Waals surface area (Å²) >= 11 is 0. The topological polar surface area (TPSA) is 9.23 Å². The highest BCUT2D eigenvalue weighted by Crippen LogP contribution is 2.19. The summed E-state index contributed by atoms with van der Waals surface area (Å²) < 4.78 is 5.88. The number of rotatable bonds is 12. The molecule has 0 bridgehead atoms. The van der Waals surface area contributed by atoms with Crippen molar-refractivity contribution in [2.75, 3.05) is 23.9 Å². The lowest BCUT2D eigenvalue weighted by Gasteiger charge is -2.22. The van der Waals surface area contributed by atoms with Crippen LogP contribution in [-0.2, 0) is 28.5 Å². The molecule has 1 unspecified atom stereocenters. The zero-order valence-corrected chi connectivity index (χ0v) is 18.2. The van der Waals surface area contributed by atoms with E-state index in [2.05, 4.69) is 60.7 Å². The molecule has 0 aromatic heterocycles. The maximum absolute atomic E-state index is 5.88. The van der Waals surface area contributed by atoms with E-state index in [4.69, 9.17) is 4.74 Å². The second kappa shape index (κ2) is 13.1. The van der Waals surface area contributed by atoms with Crippen LogP contribution in [0.4, 0.5) is 0 Å². The van der Waals surface area contributed by atoms with Gasteiger partial charge in [0.15, 0.2) is 0 Å². The van der Waals surface area contributed by atoms with Crippen molar-refractivity contribution in [1.29, 1.82) is 0 Å². The Kier molecular flexibility index (Phi) is 10.0. The summed E-state index contributed by atoms with van der Waals surface area (Å²) in [5.74, 6) is 4.11. The summed E-state index contributed by atoms with van der Waals surface area (Å²) in [6.07, 6.45) is 12.3. The summed E-state index contributed by atoms with van der Waals surface area (Å²) in [6.45, 7) is 0.993. The van der Waals surface area contributed by atoms with E-state index in [-0.39, 0.29) is 0 Å². The first kappa shape index (κ1) is 21.5. The Balaban J connectivity index is 1.39. The molecule has 1 aliphatic rings. The van der Waals surface area contributed by atoms with Crippen molar-refractivity contribution < 1.29 is 4.74 Å². The number of aryl methyl sites for hydroxylation is 2. The molecule has 0 spiro atoms. The molecule has 1 nitrogen and oxygen atoms in total. The van der Waals surface area contributed by atoms with E-state index >= 15 is 0 Å². The largest absolute Gasteiger partial charge is 0.378 e. The van der Waals surface area contributed by atoms with Gasteiger partial charge in [-0.2, -0.15) is 0 Å². The Morgan fingerprint density at radius 1 is 0.714 bits per heavy atom. The monoisotopic (exact) mass is 397 g/mol. The third kappa shape index (κ3) is 8.41. The van der Waals surface area contributed by atoms with Crippen LogP contribution in [0.3, 0.4) is 0 Å². The molecule has 0 N–H and O–H groups in total. The fourth-order valence-electron chi connectivity index (χ4n) is 4.01. The summed E-state index contributed by atoms with van der Waals surface area (Å²) in [5, 5.41) is 0. The van der Waals surface area contributed by atoms with Crippen LogP contribution in [0.15, 0.2) is 60.7 Å². The maximum atomic E-state index is 5.88. The van der Waals surface area contributed by atoms with Crippen LogP contribution in [0.5, 0.6) is 0 Å². The lowest BCUT2D eigenvalue weighted by atomic mass is 10.0. The van der Waals surface area contributed by atoms with Gasteiger partial charge >= 0.3 is 0 Å². The highest BCUT2D eigenvalue weighted by Gasteiger charge is 2.18. The van der Waals surface area contributed by atoms with Crippen molar-refractivity contribution in [3.8, 4) is 0 Å². The number of benzene rings is 2. The molecule has 0 saturated carbocycles. The van der Waals surface area contributed by atoms with E-state index in [0.717, 1.165) is 6.61 Å². The molecule has 2 aromatic rings. The first-order valence-corrected chi connectivity index (χ1v) is 13.0. The number of hydrogen-bond acceptors (Lipinski definition) is 1. The van der Waals surface area contributed by atoms with E-state index in [9.17, 15) is 0 Å². The summed E-state index contributed by atoms with van der Waals surface area (Å²) in [7, 11) is 0.535. The molecule has 2 aromatic carbocycles. The number of hydrogen-bond donors (Lipinski definition) is 0. The van der Waals surface area contributed by atoms with Crippen molar-refractivity contribution in [2.45, 2.75) is 63.9 Å². The summed E-state index contributed by atoms with van der Waals surface area (Å²) in [4.78, 5) is 0. The molecular formula is C26H37OS+. The molecule has 1 heterocycles. The van der Waals surface area contributed by atoms with Gasteiger partial charge in [-0.25, -0.2) is 0 Å². The fraction of sp³-hybridized carbons (Fsp3) is 0.538. The zero-order chi connectivity index (χ0) is 19.3. The zero-order valence-electron chi connectivity index (χ0n) is 17.4. The van der Waals surface area contributed by atoms with Gasteiger partial charge in [0, 0.05) is 19.4 Å². The molecule has 0 amide bonds. The quantitative estimate of drug-likeness (QED) is 0.305. The second-order valence-corrected chi connectivity index (χ2v) is 10.5. The average Bonchev–Trinajstić information content (AvgIpc) is 2.77. The molecule has 28 heavy (non-hydrogen) atoms. The summed E-state index contributed by atoms with van der Waals surface area (Å²) in [5.41, 5.74) is 2.99. The van der Waals surface area contributed by atoms with Crippen LogP contribution in [0, 0.1) is 0 Å². The van der Waals surface area contributed by atoms with E-state index < -0.39 is 0 Å². The van der Waals surface area contributed by atoms with Crippen LogP contribution in [0.25, 0.3) is 0 Å². The molecule has 1 aliphatic heterocycles. The minimum absolute atomic E-state index is 0.535. The number of unbranched alkanes of at least 4 members (excludes halogenated alkanes) is 2. The molecule has 152 valence electrons. The Labute approximate surface area is 175 Å². The normalized spacial score (nSPS) is 17.1. The predicted octanol–water partition coefficient (Wildman–Crippen LogP) is 6.22. The van der Waals surface area contributed by atoms with E-state index in [1.807, 2.05) is 0 Å². The van der Waals surface area contributed by atoms with Crippen molar-refractivity contribution >= 4 is 10.9 Å². The molecule has 2 heteroatoms. The SMILES string of the molecule is c1ccc(CC[S+](CCCCCC2CCCCO2)CCc2ccccc2)cc1. The van der Waals surface area contributed by atoms with Gasteiger partial charge in [-0.05, 0) is 60.5 Å². The van der Waals surface area contributed by atoms with Crippen LogP contribution in [0.1, 0.15) is 56.1 Å². The van der Waals surface area contributed by atoms with Gasteiger partial charge < -0.3 is 4.74 Å². The van der Waals surface area contributed by atoms with Gasteiger partial charge in [-0.1, -0.05) is 67.1 Å². The van der Waals surface area contributed by atoms with Gasteiger partial charge in [0.05, 0.1) is 6.10 Å². The van der Waals surface area contributed by atoms with Crippen molar-refractivity contribution in [1.82, 2.24) is 0 Å². The first-order chi connectivity index (χ1) is 13.9. The van der Waals surface area contributed by atoms with E-state index in [0.29, 0.717) is 17.0 Å². The smallest absolute Gasteiger partial charge is 0.112 e. The second-order valence-electron chi connectivity index (χ2n) is 8.03. The van der Waals surface area contributed by atoms with Crippen molar-refractivity contribution in [2.24, 2.45) is 0 Å².